The number of nitrogens with one attached hydrogen (secondary N) is 1. The first-order valence-electron chi connectivity index (χ1n) is 12.2. The van der Waals surface area contributed by atoms with Crippen LogP contribution in [0.3, 0.4) is 0 Å². The summed E-state index contributed by atoms with van der Waals surface area (Å²) in [7, 11) is 0. The van der Waals surface area contributed by atoms with E-state index in [0.717, 1.165) is 55.0 Å². The smallest absolute Gasteiger partial charge is 0.223 e. The van der Waals surface area contributed by atoms with Gasteiger partial charge in [-0.05, 0) is 55.5 Å². The number of nitrogens with zero attached hydrogens (tertiary/aromatic N) is 3. The Bertz CT molecular complexity index is 1290. The lowest BCUT2D eigenvalue weighted by Gasteiger charge is -2.32. The maximum absolute atomic E-state index is 12.8. The lowest BCUT2D eigenvalue weighted by atomic mass is 9.96. The number of anilines is 1. The highest BCUT2D eigenvalue weighted by molar-refractivity contribution is 5.80. The average Bonchev–Trinajstić information content (AvgIpc) is 3.24. The molecule has 1 saturated heterocycles. The highest BCUT2D eigenvalue weighted by atomic mass is 16.1. The van der Waals surface area contributed by atoms with E-state index < -0.39 is 0 Å². The Balaban J connectivity index is 1.31. The van der Waals surface area contributed by atoms with Crippen LogP contribution in [0.2, 0.25) is 0 Å². The number of hydrogen-bond acceptors (Lipinski definition) is 3. The van der Waals surface area contributed by atoms with E-state index in [1.165, 1.54) is 16.7 Å². The van der Waals surface area contributed by atoms with E-state index in [-0.39, 0.29) is 11.8 Å². The quantitative estimate of drug-likeness (QED) is 0.436. The van der Waals surface area contributed by atoms with Gasteiger partial charge in [0.05, 0.1) is 17.6 Å². The van der Waals surface area contributed by atoms with E-state index in [0.29, 0.717) is 6.54 Å². The summed E-state index contributed by atoms with van der Waals surface area (Å²) in [6, 6.07) is 25.1. The minimum atomic E-state index is 0.0526. The minimum absolute atomic E-state index is 0.0526. The number of benzene rings is 3. The average molecular weight is 453 g/mol. The van der Waals surface area contributed by atoms with Gasteiger partial charge in [0.2, 0.25) is 11.9 Å². The van der Waals surface area contributed by atoms with Gasteiger partial charge in [-0.3, -0.25) is 4.79 Å². The molecule has 34 heavy (non-hydrogen) atoms. The Labute approximate surface area is 201 Å². The summed E-state index contributed by atoms with van der Waals surface area (Å²) in [6.45, 7) is 7.36. The molecule has 1 aromatic heterocycles. The second-order valence-electron chi connectivity index (χ2n) is 9.38. The number of aryl methyl sites for hydroxylation is 2. The highest BCUT2D eigenvalue weighted by Crippen LogP contribution is 2.28. The summed E-state index contributed by atoms with van der Waals surface area (Å²) in [5.41, 5.74) is 7.19. The van der Waals surface area contributed by atoms with Crippen molar-refractivity contribution >= 4 is 22.9 Å². The first-order valence-corrected chi connectivity index (χ1v) is 12.2. The van der Waals surface area contributed by atoms with E-state index in [9.17, 15) is 4.79 Å². The van der Waals surface area contributed by atoms with Gasteiger partial charge >= 0.3 is 0 Å². The number of para-hydroxylation sites is 2. The number of imidazole rings is 1. The Morgan fingerprint density at radius 1 is 0.971 bits per heavy atom. The number of piperidine rings is 1. The molecule has 0 atom stereocenters. The fraction of sp³-hybridized carbons (Fsp3) is 0.310. The van der Waals surface area contributed by atoms with Crippen molar-refractivity contribution in [2.24, 2.45) is 5.92 Å². The summed E-state index contributed by atoms with van der Waals surface area (Å²) in [5.74, 6) is 1.22. The van der Waals surface area contributed by atoms with Crippen LogP contribution in [-0.4, -0.2) is 28.5 Å². The molecule has 0 spiro atoms. The van der Waals surface area contributed by atoms with E-state index in [2.05, 4.69) is 65.0 Å². The van der Waals surface area contributed by atoms with E-state index in [4.69, 9.17) is 4.98 Å². The van der Waals surface area contributed by atoms with Crippen LogP contribution in [-0.2, 0) is 17.9 Å². The third kappa shape index (κ3) is 4.69. The predicted molar refractivity (Wildman–Crippen MR) is 138 cm³/mol. The summed E-state index contributed by atoms with van der Waals surface area (Å²) in [5, 5.41) is 3.12. The van der Waals surface area contributed by atoms with Crippen LogP contribution in [0.25, 0.3) is 11.0 Å². The second kappa shape index (κ2) is 9.72. The van der Waals surface area contributed by atoms with E-state index in [1.807, 2.05) is 36.4 Å². The van der Waals surface area contributed by atoms with Gasteiger partial charge in [-0.1, -0.05) is 66.2 Å². The topological polar surface area (TPSA) is 50.2 Å². The fourth-order valence-electron chi connectivity index (χ4n) is 4.87. The van der Waals surface area contributed by atoms with Gasteiger partial charge in [0.15, 0.2) is 0 Å². The number of hydrogen-bond donors (Lipinski definition) is 1. The zero-order valence-electron chi connectivity index (χ0n) is 20.0. The first-order chi connectivity index (χ1) is 16.6. The minimum Gasteiger partial charge on any atom is -0.352 e. The Kier molecular flexibility index (Phi) is 6.35. The second-order valence-corrected chi connectivity index (χ2v) is 9.38. The van der Waals surface area contributed by atoms with Crippen molar-refractivity contribution in [3.05, 3.63) is 95.1 Å². The molecule has 0 bridgehead atoms. The molecule has 5 nitrogen and oxygen atoms in total. The van der Waals surface area contributed by atoms with Crippen LogP contribution in [0.4, 0.5) is 5.95 Å². The summed E-state index contributed by atoms with van der Waals surface area (Å²) in [4.78, 5) is 20.2. The predicted octanol–water partition coefficient (Wildman–Crippen LogP) is 5.23. The molecular weight excluding hydrogens is 420 g/mol. The van der Waals surface area contributed by atoms with Gasteiger partial charge in [-0.2, -0.15) is 0 Å². The van der Waals surface area contributed by atoms with Crippen LogP contribution in [0.1, 0.15) is 35.1 Å². The van der Waals surface area contributed by atoms with Crippen LogP contribution in [0, 0.1) is 19.8 Å². The molecule has 1 aliphatic heterocycles. The molecule has 2 heterocycles. The third-order valence-corrected chi connectivity index (χ3v) is 6.93. The van der Waals surface area contributed by atoms with Gasteiger partial charge in [0, 0.05) is 25.6 Å². The third-order valence-electron chi connectivity index (χ3n) is 6.93. The van der Waals surface area contributed by atoms with Crippen LogP contribution in [0.5, 0.6) is 0 Å². The van der Waals surface area contributed by atoms with E-state index >= 15 is 0 Å². The van der Waals surface area contributed by atoms with Gasteiger partial charge in [0.1, 0.15) is 0 Å². The van der Waals surface area contributed by atoms with Crippen LogP contribution >= 0.6 is 0 Å². The Morgan fingerprint density at radius 2 is 1.71 bits per heavy atom. The van der Waals surface area contributed by atoms with Crippen molar-refractivity contribution in [3.8, 4) is 0 Å². The van der Waals surface area contributed by atoms with Gasteiger partial charge in [-0.15, -0.1) is 0 Å². The number of carbonyl (C=O) groups excluding carboxylic acids is 1. The summed E-state index contributed by atoms with van der Waals surface area (Å²) in [6.07, 6.45) is 1.68. The van der Waals surface area contributed by atoms with Crippen molar-refractivity contribution in [1.29, 1.82) is 0 Å². The largest absolute Gasteiger partial charge is 0.352 e. The molecule has 5 heteroatoms. The lowest BCUT2D eigenvalue weighted by molar-refractivity contribution is -0.125. The van der Waals surface area contributed by atoms with Crippen LogP contribution in [0.15, 0.2) is 72.8 Å². The first kappa shape index (κ1) is 22.2. The van der Waals surface area contributed by atoms with Gasteiger partial charge in [0.25, 0.3) is 0 Å². The zero-order valence-corrected chi connectivity index (χ0v) is 20.0. The molecule has 174 valence electrons. The van der Waals surface area contributed by atoms with Crippen molar-refractivity contribution in [1.82, 2.24) is 14.9 Å². The standard InChI is InChI=1S/C29H32N4O/c1-21-12-13-22(2)25(18-21)20-33-27-11-7-6-10-26(27)31-29(33)32-16-14-24(15-17-32)28(34)30-19-23-8-4-3-5-9-23/h3-13,18,24H,14-17,19-20H2,1-2H3,(H,30,34). The summed E-state index contributed by atoms with van der Waals surface area (Å²) >= 11 is 0. The molecule has 3 aromatic carbocycles. The molecule has 1 amide bonds. The molecule has 0 saturated carbocycles. The normalized spacial score (nSPS) is 14.5. The van der Waals surface area contributed by atoms with Crippen molar-refractivity contribution in [2.45, 2.75) is 39.8 Å². The molecule has 5 rings (SSSR count). The fourth-order valence-corrected chi connectivity index (χ4v) is 4.87. The SMILES string of the molecule is Cc1ccc(C)c(Cn2c(N3CCC(C(=O)NCc4ccccc4)CC3)nc3ccccc32)c1. The Morgan fingerprint density at radius 3 is 2.50 bits per heavy atom. The summed E-state index contributed by atoms with van der Waals surface area (Å²) < 4.78 is 2.34. The molecule has 1 fully saturated rings. The molecule has 1 aliphatic rings. The maximum Gasteiger partial charge on any atom is 0.223 e. The number of aromatic nitrogens is 2. The molecule has 0 aliphatic carbocycles. The van der Waals surface area contributed by atoms with Gasteiger partial charge < -0.3 is 14.8 Å². The van der Waals surface area contributed by atoms with Crippen molar-refractivity contribution in [3.63, 3.8) is 0 Å². The van der Waals surface area contributed by atoms with Crippen molar-refractivity contribution in [2.75, 3.05) is 18.0 Å². The monoisotopic (exact) mass is 452 g/mol. The van der Waals surface area contributed by atoms with E-state index in [1.54, 1.807) is 0 Å². The van der Waals surface area contributed by atoms with Crippen LogP contribution < -0.4 is 10.2 Å². The highest BCUT2D eigenvalue weighted by Gasteiger charge is 2.27. The maximum atomic E-state index is 12.8. The number of carbonyl (C=O) groups is 1. The number of rotatable bonds is 6. The molecular formula is C29H32N4O. The lowest BCUT2D eigenvalue weighted by Crippen LogP contribution is -2.41. The molecule has 0 radical (unpaired) electrons. The molecule has 0 unspecified atom stereocenters. The molecule has 4 aromatic rings. The van der Waals surface area contributed by atoms with Gasteiger partial charge in [-0.25, -0.2) is 4.98 Å². The Hall–Kier alpha value is -3.60. The van der Waals surface area contributed by atoms with Crippen molar-refractivity contribution < 1.29 is 4.79 Å². The molecule has 1 N–H and O–H groups in total. The zero-order chi connectivity index (χ0) is 23.5. The number of fused-ring (bicyclic) bond motifs is 1. The number of amides is 1.